The van der Waals surface area contributed by atoms with Crippen molar-refractivity contribution >= 4 is 0 Å². The quantitative estimate of drug-likeness (QED) is 0.575. The first-order valence-corrected chi connectivity index (χ1v) is 5.55. The van der Waals surface area contributed by atoms with Crippen LogP contribution in [0.15, 0.2) is 59.8 Å². The van der Waals surface area contributed by atoms with Crippen LogP contribution in [-0.4, -0.2) is 0 Å². The zero-order chi connectivity index (χ0) is 11.3. The molecule has 0 aliphatic heterocycles. The molecule has 1 aliphatic carbocycles. The van der Waals surface area contributed by atoms with Crippen molar-refractivity contribution in [1.29, 1.82) is 0 Å². The predicted octanol–water partition coefficient (Wildman–Crippen LogP) is 4.73. The van der Waals surface area contributed by atoms with Gasteiger partial charge in [-0.15, -0.1) is 0 Å². The molecule has 0 fully saturated rings. The van der Waals surface area contributed by atoms with Gasteiger partial charge in [0.1, 0.15) is 0 Å². The predicted molar refractivity (Wildman–Crippen MR) is 68.8 cm³/mol. The average Bonchev–Trinajstić information content (AvgIpc) is 2.26. The zero-order valence-corrected chi connectivity index (χ0v) is 9.84. The molecule has 0 aromatic rings. The summed E-state index contributed by atoms with van der Waals surface area (Å²) in [5, 5.41) is 0. The molecular weight excluding hydrogens is 180 g/mol. The molecular formula is C15H20. The molecule has 0 spiro atoms. The fourth-order valence-electron chi connectivity index (χ4n) is 1.45. The highest BCUT2D eigenvalue weighted by Gasteiger charge is 2.04. The minimum absolute atomic E-state index is 1.00. The highest BCUT2D eigenvalue weighted by atomic mass is 14.1. The van der Waals surface area contributed by atoms with E-state index in [1.807, 2.05) is 0 Å². The molecule has 0 heteroatoms. The van der Waals surface area contributed by atoms with Crippen LogP contribution in [0, 0.1) is 0 Å². The van der Waals surface area contributed by atoms with Gasteiger partial charge >= 0.3 is 0 Å². The summed E-state index contributed by atoms with van der Waals surface area (Å²) in [6.45, 7) is 12.3. The Balaban J connectivity index is 2.63. The lowest BCUT2D eigenvalue weighted by atomic mass is 9.94. The fourth-order valence-corrected chi connectivity index (χ4v) is 1.45. The summed E-state index contributed by atoms with van der Waals surface area (Å²) in [4.78, 5) is 0. The van der Waals surface area contributed by atoms with E-state index >= 15 is 0 Å². The summed E-state index contributed by atoms with van der Waals surface area (Å²) in [5.74, 6) is 0. The highest BCUT2D eigenvalue weighted by molar-refractivity contribution is 5.43. The second-order valence-corrected chi connectivity index (χ2v) is 4.08. The Morgan fingerprint density at radius 3 is 2.53 bits per heavy atom. The molecule has 15 heavy (non-hydrogen) atoms. The van der Waals surface area contributed by atoms with Gasteiger partial charge in [0.25, 0.3) is 0 Å². The Hall–Kier alpha value is -1.30. The van der Waals surface area contributed by atoms with Crippen molar-refractivity contribution in [2.24, 2.45) is 0 Å². The number of hydrogen-bond acceptors (Lipinski definition) is 0. The van der Waals surface area contributed by atoms with Crippen LogP contribution in [0.5, 0.6) is 0 Å². The Bertz CT molecular complexity index is 348. The van der Waals surface area contributed by atoms with Crippen molar-refractivity contribution < 1.29 is 0 Å². The van der Waals surface area contributed by atoms with Crippen molar-refractivity contribution in [2.75, 3.05) is 0 Å². The van der Waals surface area contributed by atoms with Gasteiger partial charge in [-0.05, 0) is 37.3 Å². The normalized spacial score (nSPS) is 16.1. The summed E-state index contributed by atoms with van der Waals surface area (Å²) in [7, 11) is 0. The first kappa shape index (κ1) is 11.8. The summed E-state index contributed by atoms with van der Waals surface area (Å²) in [6.07, 6.45) is 11.8. The standard InChI is InChI=1S/C15H20/c1-5-12(2)6-9-14(4)15-10-7-13(3)8-11-15/h6-7,9-10H,2,4-5,8,11H2,1,3H3/b9-6-. The molecule has 0 aromatic carbocycles. The van der Waals surface area contributed by atoms with Crippen LogP contribution in [0.1, 0.15) is 33.1 Å². The van der Waals surface area contributed by atoms with E-state index in [-0.39, 0.29) is 0 Å². The summed E-state index contributed by atoms with van der Waals surface area (Å²) >= 11 is 0. The molecule has 0 atom stereocenters. The molecule has 1 aliphatic rings. The Morgan fingerprint density at radius 2 is 2.00 bits per heavy atom. The van der Waals surface area contributed by atoms with Gasteiger partial charge in [0.05, 0.1) is 0 Å². The smallest absolute Gasteiger partial charge is 0.0236 e. The lowest BCUT2D eigenvalue weighted by Gasteiger charge is -2.12. The van der Waals surface area contributed by atoms with Gasteiger partial charge in [0.15, 0.2) is 0 Å². The topological polar surface area (TPSA) is 0 Å². The Morgan fingerprint density at radius 1 is 1.27 bits per heavy atom. The van der Waals surface area contributed by atoms with Crippen molar-refractivity contribution in [3.63, 3.8) is 0 Å². The van der Waals surface area contributed by atoms with Gasteiger partial charge in [-0.25, -0.2) is 0 Å². The van der Waals surface area contributed by atoms with E-state index in [9.17, 15) is 0 Å². The first-order chi connectivity index (χ1) is 7.13. The Kier molecular flexibility index (Phi) is 4.36. The van der Waals surface area contributed by atoms with Crippen LogP contribution in [0.3, 0.4) is 0 Å². The molecule has 0 heterocycles. The van der Waals surface area contributed by atoms with Crippen LogP contribution in [-0.2, 0) is 0 Å². The number of rotatable bonds is 4. The first-order valence-electron chi connectivity index (χ1n) is 5.55. The van der Waals surface area contributed by atoms with E-state index < -0.39 is 0 Å². The van der Waals surface area contributed by atoms with Gasteiger partial charge in [-0.1, -0.05) is 55.5 Å². The number of allylic oxidation sites excluding steroid dienone is 8. The average molecular weight is 200 g/mol. The summed E-state index contributed by atoms with van der Waals surface area (Å²) < 4.78 is 0. The summed E-state index contributed by atoms with van der Waals surface area (Å²) in [6, 6.07) is 0. The van der Waals surface area contributed by atoms with E-state index in [0.29, 0.717) is 0 Å². The molecule has 0 aromatic heterocycles. The van der Waals surface area contributed by atoms with Crippen LogP contribution >= 0.6 is 0 Å². The third-order valence-corrected chi connectivity index (χ3v) is 2.74. The van der Waals surface area contributed by atoms with Gasteiger partial charge < -0.3 is 0 Å². The molecule has 0 N–H and O–H groups in total. The lowest BCUT2D eigenvalue weighted by Crippen LogP contribution is -1.92. The third kappa shape index (κ3) is 3.75. The number of hydrogen-bond donors (Lipinski definition) is 0. The van der Waals surface area contributed by atoms with Crippen LogP contribution in [0.25, 0.3) is 0 Å². The minimum atomic E-state index is 1.00. The minimum Gasteiger partial charge on any atom is -0.0958 e. The van der Waals surface area contributed by atoms with Crippen molar-refractivity contribution in [3.8, 4) is 0 Å². The second-order valence-electron chi connectivity index (χ2n) is 4.08. The zero-order valence-electron chi connectivity index (χ0n) is 9.84. The third-order valence-electron chi connectivity index (χ3n) is 2.74. The molecule has 80 valence electrons. The molecule has 1 rings (SSSR count). The molecule has 0 radical (unpaired) electrons. The SMILES string of the molecule is C=C(/C=C\C(=C)C1=CC=C(C)CC1)CC. The van der Waals surface area contributed by atoms with Crippen LogP contribution in [0.2, 0.25) is 0 Å². The lowest BCUT2D eigenvalue weighted by molar-refractivity contribution is 0.919. The molecule has 0 amide bonds. The maximum Gasteiger partial charge on any atom is -0.0236 e. The van der Waals surface area contributed by atoms with Crippen molar-refractivity contribution in [2.45, 2.75) is 33.1 Å². The molecule has 0 nitrogen and oxygen atoms in total. The molecule has 0 unspecified atom stereocenters. The fraction of sp³-hybridized carbons (Fsp3) is 0.333. The van der Waals surface area contributed by atoms with E-state index in [4.69, 9.17) is 0 Å². The highest BCUT2D eigenvalue weighted by Crippen LogP contribution is 2.23. The Labute approximate surface area is 93.4 Å². The molecule has 0 saturated heterocycles. The van der Waals surface area contributed by atoms with Gasteiger partial charge in [-0.2, -0.15) is 0 Å². The maximum absolute atomic E-state index is 4.08. The van der Waals surface area contributed by atoms with E-state index in [1.54, 1.807) is 0 Å². The van der Waals surface area contributed by atoms with Crippen LogP contribution in [0.4, 0.5) is 0 Å². The van der Waals surface area contributed by atoms with E-state index in [2.05, 4.69) is 51.3 Å². The van der Waals surface area contributed by atoms with Gasteiger partial charge in [0, 0.05) is 0 Å². The van der Waals surface area contributed by atoms with Crippen LogP contribution < -0.4 is 0 Å². The maximum atomic E-state index is 4.08. The monoisotopic (exact) mass is 200 g/mol. The van der Waals surface area contributed by atoms with E-state index in [1.165, 1.54) is 11.1 Å². The largest absolute Gasteiger partial charge is 0.0958 e. The van der Waals surface area contributed by atoms with Gasteiger partial charge in [0.2, 0.25) is 0 Å². The van der Waals surface area contributed by atoms with E-state index in [0.717, 1.165) is 30.4 Å². The van der Waals surface area contributed by atoms with Crippen molar-refractivity contribution in [3.05, 3.63) is 59.8 Å². The van der Waals surface area contributed by atoms with Gasteiger partial charge in [-0.3, -0.25) is 0 Å². The molecule has 0 bridgehead atoms. The second kappa shape index (κ2) is 5.55. The molecule has 0 saturated carbocycles. The van der Waals surface area contributed by atoms with Crippen molar-refractivity contribution in [1.82, 2.24) is 0 Å². The summed E-state index contributed by atoms with van der Waals surface area (Å²) in [5.41, 5.74) is 5.07.